The van der Waals surface area contributed by atoms with Gasteiger partial charge in [-0.3, -0.25) is 0 Å². The summed E-state index contributed by atoms with van der Waals surface area (Å²) in [6.45, 7) is 21.6. The van der Waals surface area contributed by atoms with E-state index in [0.717, 1.165) is 12.8 Å². The number of hydrogen-bond acceptors (Lipinski definition) is 0. The maximum absolute atomic E-state index is 2.62. The van der Waals surface area contributed by atoms with E-state index >= 15 is 0 Å². The lowest BCUT2D eigenvalue weighted by molar-refractivity contribution is 0.373. The largest absolute Gasteiger partial charge is 0.0796 e. The van der Waals surface area contributed by atoms with E-state index in [2.05, 4.69) is 360 Å². The van der Waals surface area contributed by atoms with Crippen molar-refractivity contribution >= 4 is 43.1 Å². The van der Waals surface area contributed by atoms with Crippen LogP contribution in [0.1, 0.15) is 118 Å². The molecule has 0 heterocycles. The van der Waals surface area contributed by atoms with E-state index in [9.17, 15) is 0 Å². The van der Waals surface area contributed by atoms with Crippen LogP contribution in [0.15, 0.2) is 303 Å². The van der Waals surface area contributed by atoms with Crippen LogP contribution in [0, 0.1) is 33.6 Å². The molecule has 20 rings (SSSR count). The third-order valence-corrected chi connectivity index (χ3v) is 25.7. The summed E-state index contributed by atoms with van der Waals surface area (Å²) in [6.07, 6.45) is 9.18. The van der Waals surface area contributed by atoms with Crippen LogP contribution in [0.5, 0.6) is 0 Å². The molecule has 0 aromatic heterocycles. The standard InChI is InChI=1S/C103H82/c1-61-31-35-65-38-41-68(51-72(65)47-61)76-56-79(96-85-21-12-15-27-91(85)103(9,95(96)58-76)94-30-18-28-92-98(94)86-24-16-23-82(99(86)100(92,5)6)71-43-40-67-37-33-63(3)49-74(67)53-71)60-101(7)88-25-13-10-19-83(88)87-57-69(44-46-90(87)101)75-54-77-50-64(4)34-45-80(77)78(55-75)59-102(8)89-26-14-11-20-84(89)97-81(22-17-29-93(97)102)70-42-39-66-36-32-62(2)48-73(66)52-70/h10-58,92,98H,59-60H2,1-9H3. The average Bonchev–Trinajstić information content (AvgIpc) is 1.52. The second kappa shape index (κ2) is 22.4. The SMILES string of the molecule is Cc1ccc2ccc(-c3cc(CC4(C)c5ccccc5-c5cc(-c6cc(CC7(C)c8ccccc8-c8c(-c9ccc%10ccc(C)cc%10c9)cccc87)c7ccc(C)cc7c6)ccc54)c4c(c3)C(C)(C3=CC=CC5C3c3cccc(-c6ccc7ccc(C)cc7c6)c3C5(C)C)c3ccccc3-4)cc2c1. The Morgan fingerprint density at radius 1 is 0.301 bits per heavy atom. The number of rotatable bonds is 9. The van der Waals surface area contributed by atoms with Gasteiger partial charge in [0, 0.05) is 22.2 Å². The van der Waals surface area contributed by atoms with E-state index in [1.807, 2.05) is 0 Å². The minimum atomic E-state index is -0.466. The lowest BCUT2D eigenvalue weighted by atomic mass is 9.62. The third-order valence-electron chi connectivity index (χ3n) is 25.7. The van der Waals surface area contributed by atoms with Crippen LogP contribution in [0.2, 0.25) is 0 Å². The molecular formula is C103H82. The second-order valence-corrected chi connectivity index (χ2v) is 32.4. The third kappa shape index (κ3) is 9.15. The molecule has 103 heavy (non-hydrogen) atoms. The van der Waals surface area contributed by atoms with Crippen molar-refractivity contribution in [2.75, 3.05) is 0 Å². The zero-order valence-electron chi connectivity index (χ0n) is 60.4. The van der Waals surface area contributed by atoms with Gasteiger partial charge in [0.15, 0.2) is 0 Å². The first-order chi connectivity index (χ1) is 50.0. The Hall–Kier alpha value is -11.2. The van der Waals surface area contributed by atoms with Crippen molar-refractivity contribution < 1.29 is 0 Å². The fourth-order valence-electron chi connectivity index (χ4n) is 20.7. The van der Waals surface area contributed by atoms with Crippen LogP contribution in [0.3, 0.4) is 0 Å². The fraction of sp³-hybridized carbons (Fsp3) is 0.165. The number of allylic oxidation sites excluding steroid dienone is 4. The van der Waals surface area contributed by atoms with Crippen molar-refractivity contribution in [3.05, 3.63) is 381 Å². The van der Waals surface area contributed by atoms with Gasteiger partial charge < -0.3 is 0 Å². The number of aryl methyl sites for hydroxylation is 4. The molecule has 0 N–H and O–H groups in total. The monoisotopic (exact) mass is 1320 g/mol. The Balaban J connectivity index is 0.724. The van der Waals surface area contributed by atoms with Crippen LogP contribution in [0.25, 0.3) is 121 Å². The molecule has 0 radical (unpaired) electrons. The summed E-state index contributed by atoms with van der Waals surface area (Å²) >= 11 is 0. The van der Waals surface area contributed by atoms with Crippen molar-refractivity contribution in [3.8, 4) is 77.9 Å². The highest BCUT2D eigenvalue weighted by Gasteiger charge is 2.55. The highest BCUT2D eigenvalue weighted by atomic mass is 14.6. The predicted molar refractivity (Wildman–Crippen MR) is 436 cm³/mol. The van der Waals surface area contributed by atoms with Crippen LogP contribution in [-0.4, -0.2) is 0 Å². The number of hydrogen-bond donors (Lipinski definition) is 0. The Labute approximate surface area is 606 Å². The van der Waals surface area contributed by atoms with Crippen LogP contribution >= 0.6 is 0 Å². The smallest absolute Gasteiger partial charge is 0.0404 e. The summed E-state index contributed by atoms with van der Waals surface area (Å²) in [5, 5.41) is 10.3. The Morgan fingerprint density at radius 2 is 0.767 bits per heavy atom. The van der Waals surface area contributed by atoms with E-state index < -0.39 is 5.41 Å². The first-order valence-corrected chi connectivity index (χ1v) is 37.3. The van der Waals surface area contributed by atoms with Gasteiger partial charge in [-0.05, 0) is 277 Å². The molecule has 0 fully saturated rings. The molecule has 15 aromatic carbocycles. The maximum atomic E-state index is 2.62. The van der Waals surface area contributed by atoms with E-state index in [1.165, 1.54) is 204 Å². The van der Waals surface area contributed by atoms with Crippen molar-refractivity contribution in [2.45, 2.75) is 103 Å². The molecule has 5 aliphatic rings. The topological polar surface area (TPSA) is 0 Å². The van der Waals surface area contributed by atoms with E-state index in [4.69, 9.17) is 0 Å². The molecule has 5 atom stereocenters. The van der Waals surface area contributed by atoms with Gasteiger partial charge in [-0.1, -0.05) is 311 Å². The van der Waals surface area contributed by atoms with Crippen molar-refractivity contribution in [1.82, 2.24) is 0 Å². The summed E-state index contributed by atoms with van der Waals surface area (Å²) in [6, 6.07) is 109. The average molecular weight is 1320 g/mol. The van der Waals surface area contributed by atoms with Gasteiger partial charge in [-0.15, -0.1) is 0 Å². The van der Waals surface area contributed by atoms with Gasteiger partial charge in [-0.25, -0.2) is 0 Å². The van der Waals surface area contributed by atoms with Crippen LogP contribution < -0.4 is 0 Å². The lowest BCUT2D eigenvalue weighted by Gasteiger charge is -2.40. The van der Waals surface area contributed by atoms with Crippen molar-refractivity contribution in [2.24, 2.45) is 5.92 Å². The normalized spacial score (nSPS) is 19.8. The molecule has 15 aromatic rings. The van der Waals surface area contributed by atoms with Gasteiger partial charge in [-0.2, -0.15) is 0 Å². The zero-order valence-corrected chi connectivity index (χ0v) is 60.4. The van der Waals surface area contributed by atoms with Gasteiger partial charge in [0.25, 0.3) is 0 Å². The van der Waals surface area contributed by atoms with E-state index in [1.54, 1.807) is 0 Å². The zero-order chi connectivity index (χ0) is 69.6. The summed E-state index contributed by atoms with van der Waals surface area (Å²) in [5.74, 6) is 0.427. The molecule has 0 spiro atoms. The molecule has 0 saturated carbocycles. The second-order valence-electron chi connectivity index (χ2n) is 32.4. The van der Waals surface area contributed by atoms with Crippen LogP contribution in [-0.2, 0) is 34.5 Å². The molecular weight excluding hydrogens is 1240 g/mol. The summed E-state index contributed by atoms with van der Waals surface area (Å²) < 4.78 is 0. The lowest BCUT2D eigenvalue weighted by Crippen LogP contribution is -2.33. The highest BCUT2D eigenvalue weighted by Crippen LogP contribution is 2.66. The summed E-state index contributed by atoms with van der Waals surface area (Å²) in [4.78, 5) is 0. The molecule has 0 saturated heterocycles. The molecule has 0 aliphatic heterocycles. The minimum Gasteiger partial charge on any atom is -0.0796 e. The Bertz CT molecular complexity index is 6270. The molecule has 0 nitrogen and oxygen atoms in total. The number of fused-ring (bicyclic) bond motifs is 16. The van der Waals surface area contributed by atoms with Crippen molar-refractivity contribution in [3.63, 3.8) is 0 Å². The van der Waals surface area contributed by atoms with Gasteiger partial charge in [0.1, 0.15) is 0 Å². The maximum Gasteiger partial charge on any atom is 0.0404 e. The van der Waals surface area contributed by atoms with E-state index in [0.29, 0.717) is 0 Å². The predicted octanol–water partition coefficient (Wildman–Crippen LogP) is 26.7. The van der Waals surface area contributed by atoms with Gasteiger partial charge in [0.05, 0.1) is 0 Å². The molecule has 5 aliphatic carbocycles. The first kappa shape index (κ1) is 61.7. The van der Waals surface area contributed by atoms with E-state index in [-0.39, 0.29) is 28.1 Å². The molecule has 0 bridgehead atoms. The summed E-state index contributed by atoms with van der Waals surface area (Å²) in [5.41, 5.74) is 37.7. The minimum absolute atomic E-state index is 0.146. The quantitative estimate of drug-likeness (QED) is 0.135. The van der Waals surface area contributed by atoms with Gasteiger partial charge >= 0.3 is 0 Å². The van der Waals surface area contributed by atoms with Crippen molar-refractivity contribution in [1.29, 1.82) is 0 Å². The molecule has 494 valence electrons. The Morgan fingerprint density at radius 3 is 1.46 bits per heavy atom. The van der Waals surface area contributed by atoms with Gasteiger partial charge in [0.2, 0.25) is 0 Å². The number of benzene rings is 15. The summed E-state index contributed by atoms with van der Waals surface area (Å²) in [7, 11) is 0. The molecule has 5 unspecified atom stereocenters. The first-order valence-electron chi connectivity index (χ1n) is 37.3. The Kier molecular flexibility index (Phi) is 13.4. The highest BCUT2D eigenvalue weighted by molar-refractivity contribution is 5.99. The van der Waals surface area contributed by atoms with Crippen LogP contribution in [0.4, 0.5) is 0 Å². The molecule has 0 amide bonds. The molecule has 0 heteroatoms. The fourth-order valence-corrected chi connectivity index (χ4v) is 20.7.